The summed E-state index contributed by atoms with van der Waals surface area (Å²) in [6.45, 7) is 9.63. The minimum absolute atomic E-state index is 0.233. The topological polar surface area (TPSA) is 54.8 Å². The van der Waals surface area contributed by atoms with E-state index in [2.05, 4.69) is 56.6 Å². The summed E-state index contributed by atoms with van der Waals surface area (Å²) >= 11 is 4.77. The molecule has 6 nitrogen and oxygen atoms in total. The lowest BCUT2D eigenvalue weighted by atomic mass is 10.1. The van der Waals surface area contributed by atoms with Crippen LogP contribution in [0.3, 0.4) is 0 Å². The van der Waals surface area contributed by atoms with E-state index in [1.807, 2.05) is 44.2 Å². The van der Waals surface area contributed by atoms with Gasteiger partial charge in [-0.05, 0) is 89.9 Å². The van der Waals surface area contributed by atoms with Crippen LogP contribution in [0.25, 0.3) is 11.8 Å². The van der Waals surface area contributed by atoms with E-state index in [1.165, 1.54) is 4.90 Å². The normalized spacial score (nSPS) is 17.5. The fraction of sp³-hybridized carbons (Fsp3) is 0.286. The van der Waals surface area contributed by atoms with Crippen LogP contribution in [0.2, 0.25) is 0 Å². The third-order valence-corrected chi connectivity index (χ3v) is 8.18. The van der Waals surface area contributed by atoms with Crippen molar-refractivity contribution in [1.29, 1.82) is 0 Å². The summed E-state index contributed by atoms with van der Waals surface area (Å²) in [5.41, 5.74) is 7.29. The summed E-state index contributed by atoms with van der Waals surface area (Å²) < 4.78 is 8.69. The summed E-state index contributed by atoms with van der Waals surface area (Å²) in [7, 11) is 0. The smallest absolute Gasteiger partial charge is 0.293 e. The first kappa shape index (κ1) is 24.9. The number of nitrogens with zero attached hydrogens (tertiary/aromatic N) is 3. The molecule has 3 heterocycles. The number of aromatic nitrogens is 1. The van der Waals surface area contributed by atoms with Gasteiger partial charge in [-0.3, -0.25) is 14.5 Å². The number of anilines is 1. The zero-order chi connectivity index (χ0) is 25.4. The molecule has 2 aliphatic heterocycles. The molecule has 8 heteroatoms. The van der Waals surface area contributed by atoms with E-state index in [0.29, 0.717) is 4.91 Å². The number of hydrogen-bond donors (Lipinski definition) is 0. The number of carbonyl (C=O) groups is 2. The molecule has 2 amide bonds. The van der Waals surface area contributed by atoms with Crippen molar-refractivity contribution < 1.29 is 14.3 Å². The van der Waals surface area contributed by atoms with Crippen molar-refractivity contribution in [1.82, 2.24) is 9.47 Å². The van der Waals surface area contributed by atoms with Crippen LogP contribution < -0.4 is 4.90 Å². The highest BCUT2D eigenvalue weighted by Gasteiger charge is 2.35. The molecule has 0 aliphatic carbocycles. The predicted molar refractivity (Wildman–Crippen MR) is 149 cm³/mol. The van der Waals surface area contributed by atoms with Crippen LogP contribution in [-0.2, 0) is 16.1 Å². The van der Waals surface area contributed by atoms with Crippen molar-refractivity contribution in [3.05, 3.63) is 86.0 Å². The first-order valence-electron chi connectivity index (χ1n) is 11.9. The Hall–Kier alpha value is -2.81. The highest BCUT2D eigenvalue weighted by molar-refractivity contribution is 9.10. The van der Waals surface area contributed by atoms with E-state index < -0.39 is 0 Å². The molecule has 2 fully saturated rings. The summed E-state index contributed by atoms with van der Waals surface area (Å²) in [5.74, 6) is -0.243. The summed E-state index contributed by atoms with van der Waals surface area (Å²) in [5, 5.41) is -0.233. The lowest BCUT2D eigenvalue weighted by Crippen LogP contribution is -2.36. The second kappa shape index (κ2) is 10.3. The first-order valence-corrected chi connectivity index (χ1v) is 13.6. The van der Waals surface area contributed by atoms with Gasteiger partial charge in [-0.25, -0.2) is 0 Å². The van der Waals surface area contributed by atoms with E-state index in [0.717, 1.165) is 82.0 Å². The van der Waals surface area contributed by atoms with Crippen molar-refractivity contribution in [2.75, 3.05) is 31.2 Å². The molecule has 5 rings (SSSR count). The van der Waals surface area contributed by atoms with E-state index in [4.69, 9.17) is 4.74 Å². The molecule has 3 aromatic rings. The van der Waals surface area contributed by atoms with Gasteiger partial charge in [0.05, 0.1) is 30.4 Å². The Balaban J connectivity index is 1.39. The number of carbonyl (C=O) groups excluding carboxylic acids is 2. The molecule has 1 aromatic heterocycles. The second-order valence-corrected chi connectivity index (χ2v) is 11.0. The molecule has 0 spiro atoms. The highest BCUT2D eigenvalue weighted by Crippen LogP contribution is 2.36. The van der Waals surface area contributed by atoms with E-state index in [1.54, 1.807) is 0 Å². The zero-order valence-electron chi connectivity index (χ0n) is 20.6. The van der Waals surface area contributed by atoms with Crippen LogP contribution in [0.1, 0.15) is 28.1 Å². The minimum Gasteiger partial charge on any atom is -0.378 e. The van der Waals surface area contributed by atoms with Gasteiger partial charge < -0.3 is 14.2 Å². The molecular formula is C28H28BrN3O3S. The van der Waals surface area contributed by atoms with Gasteiger partial charge in [-0.1, -0.05) is 29.8 Å². The molecule has 0 unspecified atom stereocenters. The van der Waals surface area contributed by atoms with Crippen LogP contribution in [0, 0.1) is 20.8 Å². The maximum atomic E-state index is 13.1. The number of hydrogen-bond acceptors (Lipinski definition) is 5. The van der Waals surface area contributed by atoms with Crippen LogP contribution in [-0.4, -0.2) is 46.9 Å². The maximum absolute atomic E-state index is 13.1. The number of ether oxygens (including phenoxy) is 1. The Kier molecular flexibility index (Phi) is 7.10. The summed E-state index contributed by atoms with van der Waals surface area (Å²) in [4.78, 5) is 29.8. The van der Waals surface area contributed by atoms with Crippen LogP contribution in [0.4, 0.5) is 10.5 Å². The molecule has 2 aliphatic rings. The molecule has 0 atom stereocenters. The largest absolute Gasteiger partial charge is 0.378 e. The molecule has 36 heavy (non-hydrogen) atoms. The number of morpholine rings is 1. The molecule has 0 N–H and O–H groups in total. The minimum atomic E-state index is -0.243. The number of amides is 2. The average molecular weight is 567 g/mol. The van der Waals surface area contributed by atoms with Gasteiger partial charge in [0.25, 0.3) is 11.1 Å². The van der Waals surface area contributed by atoms with Gasteiger partial charge in [0.15, 0.2) is 0 Å². The molecular weight excluding hydrogens is 538 g/mol. The average Bonchev–Trinajstić information content (AvgIpc) is 3.29. The fourth-order valence-electron chi connectivity index (χ4n) is 4.68. The van der Waals surface area contributed by atoms with Gasteiger partial charge in [0, 0.05) is 34.6 Å². The van der Waals surface area contributed by atoms with Crippen LogP contribution in [0.5, 0.6) is 0 Å². The van der Waals surface area contributed by atoms with Crippen LogP contribution in [0.15, 0.2) is 57.9 Å². The number of imide groups is 1. The Morgan fingerprint density at radius 1 is 1.00 bits per heavy atom. The van der Waals surface area contributed by atoms with Crippen LogP contribution >= 0.6 is 27.7 Å². The molecule has 2 saturated heterocycles. The summed E-state index contributed by atoms with van der Waals surface area (Å²) in [6.07, 6.45) is 1.84. The lowest BCUT2D eigenvalue weighted by Gasteiger charge is -2.30. The monoisotopic (exact) mass is 565 g/mol. The predicted octanol–water partition coefficient (Wildman–Crippen LogP) is 6.24. The van der Waals surface area contributed by atoms with Crippen molar-refractivity contribution in [2.45, 2.75) is 27.3 Å². The Bertz CT molecular complexity index is 1360. The van der Waals surface area contributed by atoms with Crippen molar-refractivity contribution in [3.8, 4) is 5.69 Å². The van der Waals surface area contributed by atoms with Crippen molar-refractivity contribution >= 4 is 50.6 Å². The van der Waals surface area contributed by atoms with E-state index in [-0.39, 0.29) is 17.7 Å². The molecule has 186 valence electrons. The number of rotatable bonds is 5. The van der Waals surface area contributed by atoms with Gasteiger partial charge in [-0.2, -0.15) is 0 Å². The Labute approximate surface area is 224 Å². The first-order chi connectivity index (χ1) is 17.3. The number of benzene rings is 2. The van der Waals surface area contributed by atoms with Gasteiger partial charge in [-0.15, -0.1) is 0 Å². The van der Waals surface area contributed by atoms with Crippen molar-refractivity contribution in [3.63, 3.8) is 0 Å². The third kappa shape index (κ3) is 4.90. The fourth-order valence-corrected chi connectivity index (χ4v) is 6.13. The lowest BCUT2D eigenvalue weighted by molar-refractivity contribution is -0.123. The third-order valence-electron chi connectivity index (χ3n) is 6.63. The molecule has 0 radical (unpaired) electrons. The number of halogens is 1. The second-order valence-electron chi connectivity index (χ2n) is 9.15. The van der Waals surface area contributed by atoms with Gasteiger partial charge in [0.2, 0.25) is 0 Å². The molecule has 2 aromatic carbocycles. The summed E-state index contributed by atoms with van der Waals surface area (Å²) in [6, 6.07) is 16.3. The van der Waals surface area contributed by atoms with Gasteiger partial charge in [0.1, 0.15) is 0 Å². The highest BCUT2D eigenvalue weighted by atomic mass is 79.9. The van der Waals surface area contributed by atoms with Gasteiger partial charge >= 0.3 is 0 Å². The number of aryl methyl sites for hydroxylation is 2. The molecule has 0 bridgehead atoms. The Morgan fingerprint density at radius 2 is 1.72 bits per heavy atom. The van der Waals surface area contributed by atoms with E-state index >= 15 is 0 Å². The standard InChI is InChI=1S/C28H28BrN3O3S/c1-18-4-6-21(7-5-18)17-31-27(33)26(36-28(31)34)15-22-14-19(2)32(20(22)3)23-8-9-25(24(29)16-23)30-10-12-35-13-11-30/h4-9,14-16H,10-13,17H2,1-3H3/b26-15-. The van der Waals surface area contributed by atoms with E-state index in [9.17, 15) is 9.59 Å². The number of thioether (sulfide) groups is 1. The molecule has 0 saturated carbocycles. The maximum Gasteiger partial charge on any atom is 0.293 e. The quantitative estimate of drug-likeness (QED) is 0.343. The zero-order valence-corrected chi connectivity index (χ0v) is 23.0. The SMILES string of the molecule is Cc1ccc(CN2C(=O)S/C(=C\c3cc(C)n(-c4ccc(N5CCOCC5)c(Br)c4)c3C)C2=O)cc1. The van der Waals surface area contributed by atoms with Crippen molar-refractivity contribution in [2.24, 2.45) is 0 Å². The Morgan fingerprint density at radius 3 is 2.42 bits per heavy atom.